The van der Waals surface area contributed by atoms with E-state index in [1.807, 2.05) is 25.1 Å². The number of hydrogen-bond acceptors (Lipinski definition) is 7. The average molecular weight is 684 g/mol. The largest absolute Gasteiger partial charge is 0.491 e. The normalized spacial score (nSPS) is 30.7. The molecule has 6 rings (SSSR count). The molecule has 1 N–H and O–H groups in total. The van der Waals surface area contributed by atoms with Gasteiger partial charge in [0.1, 0.15) is 15.7 Å². The molecule has 11 heteroatoms. The number of aryl methyl sites for hydroxylation is 1. The van der Waals surface area contributed by atoms with E-state index in [0.29, 0.717) is 55.7 Å². The molecule has 2 amide bonds. The third kappa shape index (κ3) is 8.21. The van der Waals surface area contributed by atoms with Crippen LogP contribution in [0, 0.1) is 23.7 Å². The van der Waals surface area contributed by atoms with Crippen LogP contribution in [0.15, 0.2) is 52.9 Å². The second-order valence-corrected chi connectivity index (χ2v) is 15.9. The molecule has 1 saturated heterocycles. The molecule has 47 heavy (non-hydrogen) atoms. The maximum atomic E-state index is 14.4. The molecular weight excluding hydrogens is 638 g/mol. The number of benzene rings is 2. The second-order valence-electron chi connectivity index (χ2n) is 13.5. The summed E-state index contributed by atoms with van der Waals surface area (Å²) < 4.78 is 39.1. The SMILES string of the molecule is CO[C@H]1/C=C/C[C@H](C)CS(=O)(NC(=O)[C@H]2CCOC2)=NC(=O)c2ccc3c(c2)N(Cc2ccc(Cl)cc2CCCCO3)C[C@@H]2CC[C@H]21. The molecule has 2 aromatic rings. The summed E-state index contributed by atoms with van der Waals surface area (Å²) in [4.78, 5) is 29.3. The Morgan fingerprint density at radius 1 is 1.11 bits per heavy atom. The molecule has 0 radical (unpaired) electrons. The third-order valence-electron chi connectivity index (χ3n) is 9.97. The van der Waals surface area contributed by atoms with Gasteiger partial charge in [-0.05, 0) is 104 Å². The molecule has 0 spiro atoms. The van der Waals surface area contributed by atoms with Crippen molar-refractivity contribution in [3.63, 3.8) is 0 Å². The van der Waals surface area contributed by atoms with E-state index < -0.39 is 27.6 Å². The van der Waals surface area contributed by atoms with E-state index in [2.05, 4.69) is 38.3 Å². The molecule has 3 aliphatic heterocycles. The fourth-order valence-corrected chi connectivity index (χ4v) is 9.32. The molecule has 2 aromatic carbocycles. The minimum atomic E-state index is -3.44. The third-order valence-corrected chi connectivity index (χ3v) is 12.2. The maximum Gasteiger partial charge on any atom is 0.286 e. The minimum absolute atomic E-state index is 0.0472. The van der Waals surface area contributed by atoms with Gasteiger partial charge >= 0.3 is 0 Å². The van der Waals surface area contributed by atoms with Crippen molar-refractivity contribution in [2.24, 2.45) is 28.0 Å². The number of nitrogens with one attached hydrogen (secondary N) is 1. The van der Waals surface area contributed by atoms with Crippen molar-refractivity contribution in [2.45, 2.75) is 64.5 Å². The summed E-state index contributed by atoms with van der Waals surface area (Å²) in [5.74, 6) is -0.0829. The van der Waals surface area contributed by atoms with Gasteiger partial charge in [0, 0.05) is 37.4 Å². The van der Waals surface area contributed by atoms with Crippen LogP contribution in [0.2, 0.25) is 5.02 Å². The van der Waals surface area contributed by atoms with Crippen LogP contribution >= 0.6 is 11.6 Å². The Balaban J connectivity index is 1.44. The van der Waals surface area contributed by atoms with E-state index in [1.165, 1.54) is 11.1 Å². The molecular formula is C36H46ClN3O6S. The van der Waals surface area contributed by atoms with Crippen LogP contribution in [0.5, 0.6) is 5.75 Å². The van der Waals surface area contributed by atoms with Crippen molar-refractivity contribution in [1.29, 1.82) is 0 Å². The highest BCUT2D eigenvalue weighted by molar-refractivity contribution is 7.92. The van der Waals surface area contributed by atoms with Gasteiger partial charge in [0.15, 0.2) is 0 Å². The van der Waals surface area contributed by atoms with Gasteiger partial charge in [-0.15, -0.1) is 4.36 Å². The van der Waals surface area contributed by atoms with E-state index >= 15 is 0 Å². The molecule has 1 saturated carbocycles. The van der Waals surface area contributed by atoms with Gasteiger partial charge in [0.05, 0.1) is 36.7 Å². The molecule has 3 heterocycles. The van der Waals surface area contributed by atoms with Gasteiger partial charge in [-0.2, -0.15) is 0 Å². The van der Waals surface area contributed by atoms with E-state index in [4.69, 9.17) is 25.8 Å². The number of carbonyl (C=O) groups excluding carboxylic acids is 2. The number of rotatable bonds is 3. The van der Waals surface area contributed by atoms with Gasteiger partial charge in [-0.25, -0.2) is 4.21 Å². The summed E-state index contributed by atoms with van der Waals surface area (Å²) in [6.45, 7) is 4.61. The van der Waals surface area contributed by atoms with E-state index in [0.717, 1.165) is 49.4 Å². The smallest absolute Gasteiger partial charge is 0.286 e. The first-order valence-electron chi connectivity index (χ1n) is 16.9. The number of methoxy groups -OCH3 is 1. The summed E-state index contributed by atoms with van der Waals surface area (Å²) >= 11 is 6.45. The van der Waals surface area contributed by atoms with Gasteiger partial charge < -0.3 is 19.1 Å². The van der Waals surface area contributed by atoms with Crippen LogP contribution in [0.3, 0.4) is 0 Å². The lowest BCUT2D eigenvalue weighted by Gasteiger charge is -2.43. The number of amides is 2. The predicted octanol–water partition coefficient (Wildman–Crippen LogP) is 6.37. The highest BCUT2D eigenvalue weighted by Crippen LogP contribution is 2.42. The van der Waals surface area contributed by atoms with E-state index in [9.17, 15) is 13.8 Å². The summed E-state index contributed by atoms with van der Waals surface area (Å²) in [6, 6.07) is 11.4. The van der Waals surface area contributed by atoms with E-state index in [-0.39, 0.29) is 24.4 Å². The zero-order valence-electron chi connectivity index (χ0n) is 27.3. The van der Waals surface area contributed by atoms with Crippen LogP contribution in [-0.2, 0) is 37.1 Å². The van der Waals surface area contributed by atoms with Crippen LogP contribution in [-0.4, -0.2) is 61.4 Å². The molecule has 0 aromatic heterocycles. The lowest BCUT2D eigenvalue weighted by molar-refractivity contribution is -0.123. The lowest BCUT2D eigenvalue weighted by atomic mass is 9.70. The van der Waals surface area contributed by atoms with Crippen molar-refractivity contribution in [1.82, 2.24) is 4.72 Å². The standard InChI is InChI=1S/C36H46ClN3O6S/c1-24-6-5-8-33(44-2)31-13-10-28(31)21-40-20-27-9-12-30(37)18-25(27)7-3-4-16-46-34-14-11-26(19-32(34)40)35(41)38-47(43,23-24)39-36(42)29-15-17-45-22-29/h5,8-9,11-12,14,18-19,24,28-29,31,33H,3-4,6-7,10,13,15-17,20-23H2,1-2H3,(H,38,39,41,42,43)/b8-5+/t24-,28-,29-,31+,33-,47?/m0/s1. The Labute approximate surface area is 283 Å². The highest BCUT2D eigenvalue weighted by Gasteiger charge is 2.38. The first-order chi connectivity index (χ1) is 22.7. The van der Waals surface area contributed by atoms with Crippen LogP contribution in [0.1, 0.15) is 66.9 Å². The molecule has 2 fully saturated rings. The first kappa shape index (κ1) is 34.0. The molecule has 2 bridgehead atoms. The van der Waals surface area contributed by atoms with Gasteiger partial charge in [0.2, 0.25) is 5.91 Å². The molecule has 254 valence electrons. The van der Waals surface area contributed by atoms with Crippen molar-refractivity contribution in [3.05, 3.63) is 70.3 Å². The molecule has 1 unspecified atom stereocenters. The average Bonchev–Trinajstić information content (AvgIpc) is 3.57. The van der Waals surface area contributed by atoms with Gasteiger partial charge in [0.25, 0.3) is 5.91 Å². The minimum Gasteiger partial charge on any atom is -0.491 e. The number of fused-ring (bicyclic) bond motifs is 3. The number of nitrogens with zero attached hydrogens (tertiary/aromatic N) is 2. The molecule has 1 aliphatic carbocycles. The Bertz CT molecular complexity index is 1620. The number of allylic oxidation sites excluding steroid dienone is 1. The van der Waals surface area contributed by atoms with E-state index in [1.54, 1.807) is 13.2 Å². The quantitative estimate of drug-likeness (QED) is 0.375. The van der Waals surface area contributed by atoms with Crippen LogP contribution in [0.4, 0.5) is 5.69 Å². The van der Waals surface area contributed by atoms with Crippen LogP contribution < -0.4 is 14.4 Å². The van der Waals surface area contributed by atoms with Crippen molar-refractivity contribution >= 4 is 39.0 Å². The zero-order chi connectivity index (χ0) is 33.0. The van der Waals surface area contributed by atoms with Crippen molar-refractivity contribution in [3.8, 4) is 5.75 Å². The number of hydrogen-bond donors (Lipinski definition) is 1. The molecule has 9 nitrogen and oxygen atoms in total. The van der Waals surface area contributed by atoms with Crippen LogP contribution in [0.25, 0.3) is 0 Å². The van der Waals surface area contributed by atoms with Gasteiger partial charge in [-0.1, -0.05) is 36.7 Å². The zero-order valence-corrected chi connectivity index (χ0v) is 28.9. The predicted molar refractivity (Wildman–Crippen MR) is 184 cm³/mol. The van der Waals surface area contributed by atoms with Crippen molar-refractivity contribution in [2.75, 3.05) is 44.1 Å². The molecule has 4 aliphatic rings. The Kier molecular flexibility index (Phi) is 10.9. The number of carbonyl (C=O) groups is 2. The fraction of sp³-hybridized carbons (Fsp3) is 0.556. The maximum absolute atomic E-state index is 14.4. The second kappa shape index (κ2) is 15.1. The summed E-state index contributed by atoms with van der Waals surface area (Å²) in [5.41, 5.74) is 3.50. The fourth-order valence-electron chi connectivity index (χ4n) is 7.16. The van der Waals surface area contributed by atoms with Gasteiger partial charge in [-0.3, -0.25) is 14.3 Å². The first-order valence-corrected chi connectivity index (χ1v) is 18.9. The monoisotopic (exact) mass is 683 g/mol. The lowest BCUT2D eigenvalue weighted by Crippen LogP contribution is -2.43. The Morgan fingerprint density at radius 2 is 1.98 bits per heavy atom. The summed E-state index contributed by atoms with van der Waals surface area (Å²) in [7, 11) is -1.68. The topological polar surface area (TPSA) is 107 Å². The molecule has 6 atom stereocenters. The Morgan fingerprint density at radius 3 is 2.74 bits per heavy atom. The van der Waals surface area contributed by atoms with Crippen molar-refractivity contribution < 1.29 is 28.0 Å². The summed E-state index contributed by atoms with van der Waals surface area (Å²) in [6.07, 6.45) is 10.2. The number of ether oxygens (including phenoxy) is 3. The highest BCUT2D eigenvalue weighted by atomic mass is 35.5. The Hall–Kier alpha value is -2.92. The summed E-state index contributed by atoms with van der Waals surface area (Å²) in [5, 5.41) is 0.719. The number of anilines is 1. The number of halogens is 1.